The van der Waals surface area contributed by atoms with Gasteiger partial charge in [-0.25, -0.2) is 0 Å². The molecule has 3 heterocycles. The first-order valence-electron chi connectivity index (χ1n) is 6.75. The lowest BCUT2D eigenvalue weighted by Gasteiger charge is -2.02. The minimum absolute atomic E-state index is 0.101. The van der Waals surface area contributed by atoms with Crippen molar-refractivity contribution in [1.82, 2.24) is 24.9 Å². The number of nitrogens with one attached hydrogen (secondary N) is 1. The average Bonchev–Trinajstić information content (AvgIpc) is 3.23. The zero-order chi connectivity index (χ0) is 16.2. The Bertz CT molecular complexity index is 795. The van der Waals surface area contributed by atoms with Crippen LogP contribution in [0, 0.1) is 6.92 Å². The molecule has 0 saturated heterocycles. The third-order valence-electron chi connectivity index (χ3n) is 2.94. The number of hydrogen-bond acceptors (Lipinski definition) is 8. The van der Waals surface area contributed by atoms with Crippen LogP contribution in [0.5, 0.6) is 0 Å². The molecule has 0 unspecified atom stereocenters. The largest absolute Gasteiger partial charge is 0.328 e. The van der Waals surface area contributed by atoms with Gasteiger partial charge in [0.25, 0.3) is 0 Å². The van der Waals surface area contributed by atoms with E-state index in [-0.39, 0.29) is 17.7 Å². The van der Waals surface area contributed by atoms with E-state index in [4.69, 9.17) is 4.52 Å². The Morgan fingerprint density at radius 3 is 3.04 bits per heavy atom. The van der Waals surface area contributed by atoms with E-state index in [2.05, 4.69) is 31.7 Å². The molecule has 0 aromatic carbocycles. The van der Waals surface area contributed by atoms with Crippen molar-refractivity contribution in [3.63, 3.8) is 0 Å². The van der Waals surface area contributed by atoms with Gasteiger partial charge in [-0.05, 0) is 18.4 Å². The minimum atomic E-state index is -0.235. The monoisotopic (exact) mass is 350 g/mol. The Morgan fingerprint density at radius 1 is 1.48 bits per heavy atom. The molecule has 0 saturated carbocycles. The number of hydrogen-bond donors (Lipinski definition) is 1. The summed E-state index contributed by atoms with van der Waals surface area (Å²) in [6.45, 7) is 1.68. The second-order valence-corrected chi connectivity index (χ2v) is 6.67. The smallest absolute Gasteiger partial charge is 0.315 e. The number of amides is 1. The zero-order valence-corrected chi connectivity index (χ0v) is 14.1. The van der Waals surface area contributed by atoms with E-state index in [1.165, 1.54) is 16.6 Å². The summed E-state index contributed by atoms with van der Waals surface area (Å²) in [6, 6.07) is 4.17. The molecule has 3 aromatic rings. The van der Waals surface area contributed by atoms with Crippen molar-refractivity contribution in [3.8, 4) is 0 Å². The van der Waals surface area contributed by atoms with Gasteiger partial charge in [0.05, 0.1) is 5.75 Å². The van der Waals surface area contributed by atoms with E-state index in [0.29, 0.717) is 11.0 Å². The number of anilines is 1. The molecule has 0 bridgehead atoms. The third kappa shape index (κ3) is 3.96. The molecular weight excluding hydrogens is 336 g/mol. The summed E-state index contributed by atoms with van der Waals surface area (Å²) in [5.41, 5.74) is 0. The van der Waals surface area contributed by atoms with Crippen molar-refractivity contribution in [2.75, 3.05) is 11.1 Å². The number of thioether (sulfide) groups is 1. The van der Waals surface area contributed by atoms with Gasteiger partial charge in [0.15, 0.2) is 11.0 Å². The molecule has 23 heavy (non-hydrogen) atoms. The van der Waals surface area contributed by atoms with E-state index >= 15 is 0 Å². The fourth-order valence-electron chi connectivity index (χ4n) is 1.83. The Balaban J connectivity index is 1.56. The normalized spacial score (nSPS) is 10.9. The van der Waals surface area contributed by atoms with Crippen molar-refractivity contribution in [2.24, 2.45) is 7.05 Å². The summed E-state index contributed by atoms with van der Waals surface area (Å²) < 4.78 is 6.74. The lowest BCUT2D eigenvalue weighted by atomic mass is 10.3. The van der Waals surface area contributed by atoms with E-state index in [1.807, 2.05) is 23.1 Å². The predicted octanol–water partition coefficient (Wildman–Crippen LogP) is 1.89. The lowest BCUT2D eigenvalue weighted by molar-refractivity contribution is -0.114. The van der Waals surface area contributed by atoms with Gasteiger partial charge in [-0.1, -0.05) is 23.0 Å². The van der Waals surface area contributed by atoms with E-state index in [9.17, 15) is 4.79 Å². The van der Waals surface area contributed by atoms with Crippen LogP contribution < -0.4 is 5.32 Å². The van der Waals surface area contributed by atoms with Gasteiger partial charge in [0.1, 0.15) is 5.82 Å². The van der Waals surface area contributed by atoms with Crippen LogP contribution >= 0.6 is 23.1 Å². The van der Waals surface area contributed by atoms with Crippen molar-refractivity contribution in [3.05, 3.63) is 34.0 Å². The first-order valence-corrected chi connectivity index (χ1v) is 8.62. The fourth-order valence-corrected chi connectivity index (χ4v) is 3.26. The van der Waals surface area contributed by atoms with Crippen molar-refractivity contribution in [1.29, 1.82) is 0 Å². The summed E-state index contributed by atoms with van der Waals surface area (Å²) in [4.78, 5) is 17.0. The van der Waals surface area contributed by atoms with Crippen LogP contribution in [-0.2, 0) is 18.3 Å². The highest BCUT2D eigenvalue weighted by Gasteiger charge is 2.13. The first kappa shape index (κ1) is 15.7. The SMILES string of the molecule is Cc1noc(NC(=O)CSc2nnc(Cc3cccs3)n2C)n1. The molecule has 1 amide bonds. The van der Waals surface area contributed by atoms with Gasteiger partial charge in [0, 0.05) is 18.3 Å². The molecule has 0 aliphatic heterocycles. The van der Waals surface area contributed by atoms with Crippen LogP contribution in [0.3, 0.4) is 0 Å². The van der Waals surface area contributed by atoms with E-state index < -0.39 is 0 Å². The zero-order valence-electron chi connectivity index (χ0n) is 12.5. The highest BCUT2D eigenvalue weighted by Crippen LogP contribution is 2.19. The number of nitrogens with zero attached hydrogens (tertiary/aromatic N) is 5. The molecule has 0 atom stereocenters. The van der Waals surface area contributed by atoms with Gasteiger partial charge in [0.2, 0.25) is 5.91 Å². The van der Waals surface area contributed by atoms with Crippen LogP contribution in [0.2, 0.25) is 0 Å². The Kier molecular flexibility index (Phi) is 4.72. The van der Waals surface area contributed by atoms with Crippen LogP contribution in [0.4, 0.5) is 6.01 Å². The summed E-state index contributed by atoms with van der Waals surface area (Å²) >= 11 is 2.99. The molecule has 1 N–H and O–H groups in total. The molecule has 10 heteroatoms. The lowest BCUT2D eigenvalue weighted by Crippen LogP contribution is -2.14. The average molecular weight is 350 g/mol. The molecule has 3 rings (SSSR count). The highest BCUT2D eigenvalue weighted by atomic mass is 32.2. The van der Waals surface area contributed by atoms with Crippen molar-refractivity contribution < 1.29 is 9.32 Å². The van der Waals surface area contributed by atoms with Crippen molar-refractivity contribution >= 4 is 35.0 Å². The number of aryl methyl sites for hydroxylation is 1. The summed E-state index contributed by atoms with van der Waals surface area (Å²) in [6.07, 6.45) is 0.731. The second-order valence-electron chi connectivity index (χ2n) is 4.70. The van der Waals surface area contributed by atoms with Gasteiger partial charge >= 0.3 is 6.01 Å². The Hall–Kier alpha value is -2.20. The molecule has 0 aliphatic carbocycles. The van der Waals surface area contributed by atoms with E-state index in [1.54, 1.807) is 18.3 Å². The summed E-state index contributed by atoms with van der Waals surface area (Å²) in [7, 11) is 1.89. The molecule has 8 nitrogen and oxygen atoms in total. The van der Waals surface area contributed by atoms with Crippen LogP contribution in [0.25, 0.3) is 0 Å². The molecular formula is C13H14N6O2S2. The van der Waals surface area contributed by atoms with E-state index in [0.717, 1.165) is 12.2 Å². The van der Waals surface area contributed by atoms with Gasteiger partial charge in [-0.15, -0.1) is 21.5 Å². The molecule has 3 aromatic heterocycles. The van der Waals surface area contributed by atoms with Crippen LogP contribution in [-0.4, -0.2) is 36.6 Å². The Labute approximate surface area is 140 Å². The topological polar surface area (TPSA) is 98.7 Å². The summed E-state index contributed by atoms with van der Waals surface area (Å²) in [5, 5.41) is 17.2. The standard InChI is InChI=1S/C13H14N6O2S2/c1-8-14-12(21-18-8)15-11(20)7-23-13-17-16-10(19(13)2)6-9-4-3-5-22-9/h3-5H,6-7H2,1-2H3,(H,14,15,18,20). The number of thiophene rings is 1. The molecule has 0 fully saturated rings. The first-order chi connectivity index (χ1) is 11.1. The maximum atomic E-state index is 11.9. The Morgan fingerprint density at radius 2 is 2.35 bits per heavy atom. The van der Waals surface area contributed by atoms with Gasteiger partial charge in [-0.3, -0.25) is 10.1 Å². The molecule has 120 valence electrons. The third-order valence-corrected chi connectivity index (χ3v) is 4.84. The molecule has 0 aliphatic rings. The second kappa shape index (κ2) is 6.92. The molecule has 0 spiro atoms. The predicted molar refractivity (Wildman–Crippen MR) is 86.5 cm³/mol. The number of rotatable bonds is 6. The maximum absolute atomic E-state index is 11.9. The maximum Gasteiger partial charge on any atom is 0.328 e. The summed E-state index contributed by atoms with van der Waals surface area (Å²) in [5.74, 6) is 1.29. The van der Waals surface area contributed by atoms with Crippen molar-refractivity contribution in [2.45, 2.75) is 18.5 Å². The number of carbonyl (C=O) groups excluding carboxylic acids is 1. The minimum Gasteiger partial charge on any atom is -0.315 e. The number of carbonyl (C=O) groups is 1. The highest BCUT2D eigenvalue weighted by molar-refractivity contribution is 7.99. The van der Waals surface area contributed by atoms with Gasteiger partial charge in [-0.2, -0.15) is 4.98 Å². The van der Waals surface area contributed by atoms with Crippen LogP contribution in [0.15, 0.2) is 27.2 Å². The quantitative estimate of drug-likeness (QED) is 0.678. The number of aromatic nitrogens is 5. The fraction of sp³-hybridized carbons (Fsp3) is 0.308. The van der Waals surface area contributed by atoms with Crippen LogP contribution in [0.1, 0.15) is 16.5 Å². The molecule has 0 radical (unpaired) electrons. The van der Waals surface area contributed by atoms with Gasteiger partial charge < -0.3 is 9.09 Å².